The molecule has 1 aliphatic heterocycles. The first-order valence-corrected chi connectivity index (χ1v) is 7.89. The van der Waals surface area contributed by atoms with Crippen LogP contribution in [0.2, 0.25) is 0 Å². The van der Waals surface area contributed by atoms with Crippen molar-refractivity contribution >= 4 is 17.8 Å². The van der Waals surface area contributed by atoms with Gasteiger partial charge in [-0.2, -0.15) is 13.2 Å². The highest BCUT2D eigenvalue weighted by Gasteiger charge is 2.36. The number of rotatable bonds is 5. The van der Waals surface area contributed by atoms with Gasteiger partial charge in [0, 0.05) is 19.0 Å². The van der Waals surface area contributed by atoms with Crippen LogP contribution in [0.25, 0.3) is 0 Å². The first-order valence-electron chi connectivity index (χ1n) is 7.89. The molecule has 27 heavy (non-hydrogen) atoms. The van der Waals surface area contributed by atoms with Crippen molar-refractivity contribution in [3.63, 3.8) is 0 Å². The van der Waals surface area contributed by atoms with Gasteiger partial charge in [-0.1, -0.05) is 19.1 Å². The van der Waals surface area contributed by atoms with E-state index in [1.54, 1.807) is 6.92 Å². The normalized spacial score (nSPS) is 17.9. The Morgan fingerprint density at radius 1 is 1.26 bits per heavy atom. The van der Waals surface area contributed by atoms with Crippen LogP contribution in [-0.2, 0) is 27.1 Å². The van der Waals surface area contributed by atoms with Gasteiger partial charge in [0.2, 0.25) is 0 Å². The van der Waals surface area contributed by atoms with Crippen molar-refractivity contribution in [2.24, 2.45) is 5.92 Å². The van der Waals surface area contributed by atoms with Gasteiger partial charge in [0.15, 0.2) is 0 Å². The Balaban J connectivity index is 2.18. The number of nitrogens with one attached hydrogen (secondary N) is 1. The number of halogens is 3. The maximum absolute atomic E-state index is 12.6. The van der Waals surface area contributed by atoms with Crippen LogP contribution >= 0.6 is 0 Å². The molecule has 0 aliphatic carbocycles. The van der Waals surface area contributed by atoms with E-state index in [0.29, 0.717) is 5.56 Å². The number of nitrogens with zero attached hydrogens (tertiary/aromatic N) is 1. The van der Waals surface area contributed by atoms with Crippen LogP contribution in [0, 0.1) is 5.92 Å². The summed E-state index contributed by atoms with van der Waals surface area (Å²) in [4.78, 5) is 36.3. The zero-order valence-corrected chi connectivity index (χ0v) is 14.2. The summed E-state index contributed by atoms with van der Waals surface area (Å²) in [6, 6.07) is 4.23. The van der Waals surface area contributed by atoms with Crippen LogP contribution in [0.15, 0.2) is 35.6 Å². The summed E-state index contributed by atoms with van der Waals surface area (Å²) in [7, 11) is 0. The first kappa shape index (κ1) is 20.3. The van der Waals surface area contributed by atoms with Gasteiger partial charge in [0.25, 0.3) is 11.8 Å². The molecule has 1 aromatic rings. The number of benzene rings is 1. The van der Waals surface area contributed by atoms with Gasteiger partial charge in [-0.15, -0.1) is 0 Å². The van der Waals surface area contributed by atoms with E-state index in [-0.39, 0.29) is 13.1 Å². The largest absolute Gasteiger partial charge is 0.511 e. The van der Waals surface area contributed by atoms with Gasteiger partial charge in [0.1, 0.15) is 17.9 Å². The highest BCUT2D eigenvalue weighted by Crippen LogP contribution is 2.30. The van der Waals surface area contributed by atoms with Gasteiger partial charge >= 0.3 is 12.1 Å². The number of aliphatic hydroxyl groups is 1. The van der Waals surface area contributed by atoms with Crippen molar-refractivity contribution in [1.82, 2.24) is 10.2 Å². The second-order valence-electron chi connectivity index (χ2n) is 6.12. The van der Waals surface area contributed by atoms with Gasteiger partial charge in [0.05, 0.1) is 5.56 Å². The quantitative estimate of drug-likeness (QED) is 0.668. The number of amides is 2. The molecule has 1 atom stereocenters. The second-order valence-corrected chi connectivity index (χ2v) is 6.12. The van der Waals surface area contributed by atoms with Crippen LogP contribution in [0.3, 0.4) is 0 Å². The van der Waals surface area contributed by atoms with E-state index in [2.05, 4.69) is 0 Å². The summed E-state index contributed by atoms with van der Waals surface area (Å²) >= 11 is 0. The fraction of sp³-hybridized carbons (Fsp3) is 0.353. The van der Waals surface area contributed by atoms with Crippen LogP contribution in [-0.4, -0.2) is 46.0 Å². The average Bonchev–Trinajstić information content (AvgIpc) is 2.57. The van der Waals surface area contributed by atoms with E-state index in [0.717, 1.165) is 12.1 Å². The molecule has 1 unspecified atom stereocenters. The van der Waals surface area contributed by atoms with Crippen molar-refractivity contribution in [2.45, 2.75) is 19.6 Å². The summed E-state index contributed by atoms with van der Waals surface area (Å²) in [5.74, 6) is -4.21. The Kier molecular flexibility index (Phi) is 5.77. The zero-order chi connectivity index (χ0) is 20.4. The van der Waals surface area contributed by atoms with E-state index in [1.807, 2.05) is 5.32 Å². The maximum atomic E-state index is 12.6. The summed E-state index contributed by atoms with van der Waals surface area (Å²) in [6.07, 6.45) is -4.47. The molecule has 1 aliphatic rings. The lowest BCUT2D eigenvalue weighted by Gasteiger charge is -2.32. The molecular formula is C17H17F3N2O5. The van der Waals surface area contributed by atoms with E-state index in [1.165, 1.54) is 17.0 Å². The Morgan fingerprint density at radius 2 is 1.85 bits per heavy atom. The molecule has 7 nitrogen and oxygen atoms in total. The summed E-state index contributed by atoms with van der Waals surface area (Å²) in [5, 5.41) is 20.7. The van der Waals surface area contributed by atoms with Crippen LogP contribution in [0.5, 0.6) is 0 Å². The monoisotopic (exact) mass is 386 g/mol. The van der Waals surface area contributed by atoms with Gasteiger partial charge in [-0.05, 0) is 17.7 Å². The third-order valence-corrected chi connectivity index (χ3v) is 4.00. The number of carboxylic acids is 1. The molecule has 1 aromatic carbocycles. The van der Waals surface area contributed by atoms with Crippen molar-refractivity contribution in [3.05, 3.63) is 46.7 Å². The number of aliphatic carboxylic acids is 1. The number of hydrogen-bond donors (Lipinski definition) is 3. The van der Waals surface area contributed by atoms with Crippen LogP contribution < -0.4 is 5.32 Å². The molecule has 0 saturated heterocycles. The van der Waals surface area contributed by atoms with Crippen molar-refractivity contribution in [1.29, 1.82) is 0 Å². The first-order chi connectivity index (χ1) is 12.5. The number of aliphatic hydroxyl groups excluding tert-OH is 1. The predicted octanol–water partition coefficient (Wildman–Crippen LogP) is 1.70. The van der Waals surface area contributed by atoms with Gasteiger partial charge in [-0.25, -0.2) is 0 Å². The smallest absolute Gasteiger partial charge is 0.416 e. The topological polar surface area (TPSA) is 107 Å². The molecule has 0 fully saturated rings. The zero-order valence-electron chi connectivity index (χ0n) is 14.2. The van der Waals surface area contributed by atoms with E-state index < -0.39 is 53.3 Å². The lowest BCUT2D eigenvalue weighted by atomic mass is 9.96. The Labute approximate surface area is 152 Å². The molecule has 10 heteroatoms. The molecule has 146 valence electrons. The number of carboxylic acid groups (broad SMARTS) is 1. The van der Waals surface area contributed by atoms with Crippen molar-refractivity contribution < 1.29 is 37.8 Å². The molecule has 2 amide bonds. The van der Waals surface area contributed by atoms with Gasteiger partial charge < -0.3 is 20.4 Å². The average molecular weight is 386 g/mol. The Bertz CT molecular complexity index is 787. The molecule has 0 radical (unpaired) electrons. The molecule has 1 heterocycles. The third kappa shape index (κ3) is 4.78. The fourth-order valence-corrected chi connectivity index (χ4v) is 2.63. The predicted molar refractivity (Wildman–Crippen MR) is 86.3 cm³/mol. The van der Waals surface area contributed by atoms with Crippen molar-refractivity contribution in [3.8, 4) is 0 Å². The minimum Gasteiger partial charge on any atom is -0.511 e. The second kappa shape index (κ2) is 7.68. The lowest BCUT2D eigenvalue weighted by molar-refractivity contribution is -0.139. The summed E-state index contributed by atoms with van der Waals surface area (Å²) in [6.45, 7) is 0.827. The third-order valence-electron chi connectivity index (χ3n) is 4.00. The van der Waals surface area contributed by atoms with Crippen LogP contribution in [0.4, 0.5) is 13.2 Å². The standard InChI is InChI=1S/C17H17F3N2O5/c1-9-7-22(8-10-2-4-11(5-3-10)17(18,19)20)16(27)13(14(9)25)15(26)21-6-12(23)24/h2-5,9,25H,6-8H2,1H3,(H,21,26)(H,23,24). The minimum atomic E-state index is -4.47. The molecule has 0 spiro atoms. The Hall–Kier alpha value is -3.04. The highest BCUT2D eigenvalue weighted by molar-refractivity contribution is 6.19. The maximum Gasteiger partial charge on any atom is 0.416 e. The molecular weight excluding hydrogens is 369 g/mol. The summed E-state index contributed by atoms with van der Waals surface area (Å²) in [5.41, 5.74) is -0.979. The molecule has 0 saturated carbocycles. The van der Waals surface area contributed by atoms with E-state index in [9.17, 15) is 32.7 Å². The highest BCUT2D eigenvalue weighted by atomic mass is 19.4. The van der Waals surface area contributed by atoms with Crippen LogP contribution in [0.1, 0.15) is 18.1 Å². The summed E-state index contributed by atoms with van der Waals surface area (Å²) < 4.78 is 37.9. The van der Waals surface area contributed by atoms with E-state index >= 15 is 0 Å². The molecule has 2 rings (SSSR count). The number of alkyl halides is 3. The fourth-order valence-electron chi connectivity index (χ4n) is 2.63. The number of hydrogen-bond acceptors (Lipinski definition) is 4. The molecule has 0 bridgehead atoms. The molecule has 0 aromatic heterocycles. The minimum absolute atomic E-state index is 0.0569. The number of carbonyl (C=O) groups is 3. The Morgan fingerprint density at radius 3 is 2.37 bits per heavy atom. The lowest BCUT2D eigenvalue weighted by Crippen LogP contribution is -2.45. The molecule has 3 N–H and O–H groups in total. The SMILES string of the molecule is CC1CN(Cc2ccc(C(F)(F)F)cc2)C(=O)C(C(=O)NCC(=O)O)=C1O. The van der Waals surface area contributed by atoms with Crippen molar-refractivity contribution in [2.75, 3.05) is 13.1 Å². The number of carbonyl (C=O) groups excluding carboxylic acids is 2. The van der Waals surface area contributed by atoms with Gasteiger partial charge in [-0.3, -0.25) is 14.4 Å². The van der Waals surface area contributed by atoms with E-state index in [4.69, 9.17) is 5.11 Å².